The van der Waals surface area contributed by atoms with Crippen LogP contribution in [0.1, 0.15) is 40.1 Å². The van der Waals surface area contributed by atoms with E-state index in [-0.39, 0.29) is 6.10 Å². The Hall–Kier alpha value is -3.70. The van der Waals surface area contributed by atoms with Crippen molar-refractivity contribution in [2.45, 2.75) is 26.9 Å². The maximum atomic E-state index is 13.0. The third kappa shape index (κ3) is 3.82. The van der Waals surface area contributed by atoms with E-state index in [0.29, 0.717) is 16.7 Å². The third-order valence-electron chi connectivity index (χ3n) is 6.18. The summed E-state index contributed by atoms with van der Waals surface area (Å²) in [6, 6.07) is 24.1. The molecule has 2 heterocycles. The first-order chi connectivity index (χ1) is 16.5. The molecule has 0 fully saturated rings. The Morgan fingerprint density at radius 3 is 2.44 bits per heavy atom. The molecule has 0 aliphatic carbocycles. The number of rotatable bonds is 5. The van der Waals surface area contributed by atoms with Crippen LogP contribution in [0.3, 0.4) is 0 Å². The topological polar surface area (TPSA) is 48.4 Å². The zero-order valence-corrected chi connectivity index (χ0v) is 20.4. The number of ether oxygens (including phenoxy) is 2. The lowest BCUT2D eigenvalue weighted by Crippen LogP contribution is -2.08. The summed E-state index contributed by atoms with van der Waals surface area (Å²) < 4.78 is 12.8. The molecule has 0 unspecified atom stereocenters. The molecule has 170 valence electrons. The van der Waals surface area contributed by atoms with Crippen molar-refractivity contribution in [3.05, 3.63) is 95.1 Å². The van der Waals surface area contributed by atoms with Gasteiger partial charge in [0.05, 0.1) is 34.1 Å². The highest BCUT2D eigenvalue weighted by molar-refractivity contribution is 7.22. The SMILES string of the molecule is COC(=O)c1cc(-c2sc3ccccc3c2C)nc2c(C)ccc(O[C@H](C)c3ccccc3)c12. The summed E-state index contributed by atoms with van der Waals surface area (Å²) in [5.74, 6) is 0.208. The van der Waals surface area contributed by atoms with Crippen LogP contribution in [0, 0.1) is 13.8 Å². The summed E-state index contributed by atoms with van der Waals surface area (Å²) in [6.45, 7) is 6.11. The Labute approximate surface area is 202 Å². The molecule has 0 aliphatic heterocycles. The number of benzene rings is 3. The summed E-state index contributed by atoms with van der Waals surface area (Å²) >= 11 is 1.69. The first-order valence-electron chi connectivity index (χ1n) is 11.2. The highest BCUT2D eigenvalue weighted by Gasteiger charge is 2.22. The Morgan fingerprint density at radius 2 is 1.71 bits per heavy atom. The summed E-state index contributed by atoms with van der Waals surface area (Å²) in [4.78, 5) is 19.1. The minimum Gasteiger partial charge on any atom is -0.485 e. The summed E-state index contributed by atoms with van der Waals surface area (Å²) in [7, 11) is 1.40. The number of hydrogen-bond donors (Lipinski definition) is 0. The molecular weight excluding hydrogens is 442 g/mol. The minimum atomic E-state index is -0.407. The van der Waals surface area contributed by atoms with Crippen molar-refractivity contribution in [1.82, 2.24) is 4.98 Å². The molecule has 0 bridgehead atoms. The zero-order chi connectivity index (χ0) is 23.8. The van der Waals surface area contributed by atoms with E-state index in [0.717, 1.165) is 32.8 Å². The van der Waals surface area contributed by atoms with Crippen molar-refractivity contribution in [1.29, 1.82) is 0 Å². The number of esters is 1. The quantitative estimate of drug-likeness (QED) is 0.249. The third-order valence-corrected chi connectivity index (χ3v) is 7.47. The van der Waals surface area contributed by atoms with E-state index in [1.165, 1.54) is 17.2 Å². The predicted octanol–water partition coefficient (Wildman–Crippen LogP) is 7.66. The van der Waals surface area contributed by atoms with E-state index in [4.69, 9.17) is 14.5 Å². The minimum absolute atomic E-state index is 0.192. The summed E-state index contributed by atoms with van der Waals surface area (Å²) in [5.41, 5.74) is 5.15. The number of thiophene rings is 1. The number of methoxy groups -OCH3 is 1. The van der Waals surface area contributed by atoms with Gasteiger partial charge >= 0.3 is 5.97 Å². The smallest absolute Gasteiger partial charge is 0.338 e. The van der Waals surface area contributed by atoms with Crippen LogP contribution in [0.4, 0.5) is 0 Å². The average molecular weight is 468 g/mol. The van der Waals surface area contributed by atoms with Gasteiger partial charge in [-0.25, -0.2) is 9.78 Å². The van der Waals surface area contributed by atoms with E-state index in [9.17, 15) is 4.79 Å². The van der Waals surface area contributed by atoms with Gasteiger partial charge < -0.3 is 9.47 Å². The van der Waals surface area contributed by atoms with E-state index in [1.807, 2.05) is 74.5 Å². The lowest BCUT2D eigenvalue weighted by molar-refractivity contribution is 0.0602. The molecular formula is C29H25NO3S. The number of aromatic nitrogens is 1. The number of carbonyl (C=O) groups is 1. The van der Waals surface area contributed by atoms with Crippen LogP contribution in [-0.4, -0.2) is 18.1 Å². The van der Waals surface area contributed by atoms with Gasteiger partial charge in [0.25, 0.3) is 0 Å². The van der Waals surface area contributed by atoms with Crippen LogP contribution >= 0.6 is 11.3 Å². The molecule has 0 saturated heterocycles. The zero-order valence-electron chi connectivity index (χ0n) is 19.6. The van der Waals surface area contributed by atoms with Crippen molar-refractivity contribution in [2.75, 3.05) is 7.11 Å². The van der Waals surface area contributed by atoms with Crippen LogP contribution in [-0.2, 0) is 4.74 Å². The maximum absolute atomic E-state index is 13.0. The monoisotopic (exact) mass is 467 g/mol. The van der Waals surface area contributed by atoms with Crippen LogP contribution < -0.4 is 4.74 Å². The second-order valence-electron chi connectivity index (χ2n) is 8.37. The number of carbonyl (C=O) groups excluding carboxylic acids is 1. The molecule has 0 amide bonds. The predicted molar refractivity (Wildman–Crippen MR) is 139 cm³/mol. The number of hydrogen-bond acceptors (Lipinski definition) is 5. The second-order valence-corrected chi connectivity index (χ2v) is 9.43. The fraction of sp³-hybridized carbons (Fsp3) is 0.172. The molecule has 5 heteroatoms. The summed E-state index contributed by atoms with van der Waals surface area (Å²) in [6.07, 6.45) is -0.192. The van der Waals surface area contributed by atoms with Crippen molar-refractivity contribution >= 4 is 38.3 Å². The van der Waals surface area contributed by atoms with Gasteiger partial charge in [-0.05, 0) is 61.0 Å². The molecule has 0 N–H and O–H groups in total. The fourth-order valence-electron chi connectivity index (χ4n) is 4.33. The van der Waals surface area contributed by atoms with Crippen molar-refractivity contribution < 1.29 is 14.3 Å². The van der Waals surface area contributed by atoms with E-state index in [2.05, 4.69) is 19.1 Å². The average Bonchev–Trinajstić information content (AvgIpc) is 3.21. The van der Waals surface area contributed by atoms with Gasteiger partial charge in [-0.15, -0.1) is 11.3 Å². The molecule has 5 aromatic rings. The molecule has 2 aromatic heterocycles. The van der Waals surface area contributed by atoms with Gasteiger partial charge in [-0.2, -0.15) is 0 Å². The Bertz CT molecular complexity index is 1520. The van der Waals surface area contributed by atoms with Gasteiger partial charge in [-0.3, -0.25) is 0 Å². The van der Waals surface area contributed by atoms with Gasteiger partial charge in [0.1, 0.15) is 11.9 Å². The van der Waals surface area contributed by atoms with Gasteiger partial charge in [0.2, 0.25) is 0 Å². The molecule has 0 aliphatic rings. The molecule has 5 rings (SSSR count). The second kappa shape index (κ2) is 8.92. The van der Waals surface area contributed by atoms with Crippen LogP contribution in [0.2, 0.25) is 0 Å². The van der Waals surface area contributed by atoms with Crippen LogP contribution in [0.25, 0.3) is 31.6 Å². The van der Waals surface area contributed by atoms with Gasteiger partial charge in [0.15, 0.2) is 0 Å². The van der Waals surface area contributed by atoms with E-state index < -0.39 is 5.97 Å². The molecule has 4 nitrogen and oxygen atoms in total. The number of pyridine rings is 1. The highest BCUT2D eigenvalue weighted by Crippen LogP contribution is 2.41. The Morgan fingerprint density at radius 1 is 0.971 bits per heavy atom. The molecule has 1 atom stereocenters. The lowest BCUT2D eigenvalue weighted by Gasteiger charge is -2.19. The van der Waals surface area contributed by atoms with Crippen molar-refractivity contribution in [3.8, 4) is 16.3 Å². The highest BCUT2D eigenvalue weighted by atomic mass is 32.1. The van der Waals surface area contributed by atoms with Crippen molar-refractivity contribution in [3.63, 3.8) is 0 Å². The first kappa shape index (κ1) is 22.1. The summed E-state index contributed by atoms with van der Waals surface area (Å²) in [5, 5.41) is 1.88. The van der Waals surface area contributed by atoms with Crippen LogP contribution in [0.15, 0.2) is 72.8 Å². The largest absolute Gasteiger partial charge is 0.485 e. The molecule has 0 spiro atoms. The first-order valence-corrected chi connectivity index (χ1v) is 12.0. The molecule has 3 aromatic carbocycles. The molecule has 0 radical (unpaired) electrons. The van der Waals surface area contributed by atoms with Crippen LogP contribution in [0.5, 0.6) is 5.75 Å². The Balaban J connectivity index is 1.72. The molecule has 0 saturated carbocycles. The lowest BCUT2D eigenvalue weighted by atomic mass is 10.0. The van der Waals surface area contributed by atoms with E-state index in [1.54, 1.807) is 11.3 Å². The maximum Gasteiger partial charge on any atom is 0.338 e. The van der Waals surface area contributed by atoms with E-state index >= 15 is 0 Å². The van der Waals surface area contributed by atoms with Gasteiger partial charge in [-0.1, -0.05) is 54.6 Å². The standard InChI is InChI=1S/C29H25NO3S/c1-17-14-15-24(33-19(3)20-10-6-5-7-11-20)26-22(29(31)32-4)16-23(30-27(17)26)28-18(2)21-12-8-9-13-25(21)34-28/h5-16,19H,1-4H3/t19-/m1/s1. The van der Waals surface area contributed by atoms with Gasteiger partial charge in [0, 0.05) is 4.70 Å². The number of aryl methyl sites for hydroxylation is 2. The normalized spacial score (nSPS) is 12.1. The number of nitrogens with zero attached hydrogens (tertiary/aromatic N) is 1. The molecule has 34 heavy (non-hydrogen) atoms. The fourth-order valence-corrected chi connectivity index (χ4v) is 5.50. The van der Waals surface area contributed by atoms with Crippen molar-refractivity contribution in [2.24, 2.45) is 0 Å². The number of fused-ring (bicyclic) bond motifs is 2. The Kier molecular flexibility index (Phi) is 5.80.